The smallest absolute Gasteiger partial charge is 0.337 e. The Morgan fingerprint density at radius 1 is 1.04 bits per heavy atom. The van der Waals surface area contributed by atoms with Crippen molar-refractivity contribution < 1.29 is 19.1 Å². The fraction of sp³-hybridized carbons (Fsp3) is 0.300. The van der Waals surface area contributed by atoms with Crippen LogP contribution in [0.25, 0.3) is 0 Å². The van der Waals surface area contributed by atoms with Gasteiger partial charge in [-0.05, 0) is 48.7 Å². The minimum Gasteiger partial charge on any atom is -0.493 e. The summed E-state index contributed by atoms with van der Waals surface area (Å²) in [4.78, 5) is 24.0. The summed E-state index contributed by atoms with van der Waals surface area (Å²) in [5, 5.41) is 2.81. The first-order valence-corrected chi connectivity index (χ1v) is 8.23. The fourth-order valence-electron chi connectivity index (χ4n) is 2.19. The Labute approximate surface area is 148 Å². The number of rotatable bonds is 7. The average Bonchev–Trinajstić information content (AvgIpc) is 2.61. The van der Waals surface area contributed by atoms with Crippen LogP contribution in [0.3, 0.4) is 0 Å². The largest absolute Gasteiger partial charge is 0.493 e. The van der Waals surface area contributed by atoms with Crippen molar-refractivity contribution in [2.75, 3.05) is 19.0 Å². The van der Waals surface area contributed by atoms with E-state index in [4.69, 9.17) is 4.74 Å². The van der Waals surface area contributed by atoms with Crippen molar-refractivity contribution in [1.29, 1.82) is 0 Å². The third-order valence-electron chi connectivity index (χ3n) is 3.65. The molecule has 0 fully saturated rings. The highest BCUT2D eigenvalue weighted by atomic mass is 16.5. The second-order valence-corrected chi connectivity index (χ2v) is 6.05. The van der Waals surface area contributed by atoms with Crippen LogP contribution < -0.4 is 10.1 Å². The molecule has 2 rings (SSSR count). The maximum absolute atomic E-state index is 12.5. The third kappa shape index (κ3) is 5.35. The second-order valence-electron chi connectivity index (χ2n) is 6.05. The molecule has 0 unspecified atom stereocenters. The molecule has 1 N–H and O–H groups in total. The van der Waals surface area contributed by atoms with Crippen LogP contribution in [0, 0.1) is 5.92 Å². The zero-order valence-electron chi connectivity index (χ0n) is 14.7. The van der Waals surface area contributed by atoms with Crippen molar-refractivity contribution in [3.63, 3.8) is 0 Å². The molecule has 5 heteroatoms. The fourth-order valence-corrected chi connectivity index (χ4v) is 2.19. The molecule has 0 aliphatic heterocycles. The van der Waals surface area contributed by atoms with Crippen LogP contribution in [0.5, 0.6) is 5.75 Å². The maximum Gasteiger partial charge on any atom is 0.337 e. The van der Waals surface area contributed by atoms with Crippen LogP contribution in [-0.4, -0.2) is 25.6 Å². The molecule has 0 spiro atoms. The summed E-state index contributed by atoms with van der Waals surface area (Å²) in [6.07, 6.45) is 0.922. The van der Waals surface area contributed by atoms with Gasteiger partial charge in [-0.15, -0.1) is 0 Å². The van der Waals surface area contributed by atoms with Gasteiger partial charge in [0.2, 0.25) is 0 Å². The van der Waals surface area contributed by atoms with Gasteiger partial charge in [-0.2, -0.15) is 0 Å². The number of esters is 1. The van der Waals surface area contributed by atoms with Gasteiger partial charge in [0.15, 0.2) is 0 Å². The molecule has 0 aromatic heterocycles. The lowest BCUT2D eigenvalue weighted by molar-refractivity contribution is 0.0600. The van der Waals surface area contributed by atoms with Gasteiger partial charge >= 0.3 is 5.97 Å². The van der Waals surface area contributed by atoms with Gasteiger partial charge in [0, 0.05) is 5.69 Å². The van der Waals surface area contributed by atoms with Crippen LogP contribution in [0.2, 0.25) is 0 Å². The molecular weight excluding hydrogens is 318 g/mol. The third-order valence-corrected chi connectivity index (χ3v) is 3.65. The van der Waals surface area contributed by atoms with E-state index in [0.717, 1.165) is 6.42 Å². The Hall–Kier alpha value is -2.82. The molecule has 0 radical (unpaired) electrons. The lowest BCUT2D eigenvalue weighted by Gasteiger charge is -2.12. The van der Waals surface area contributed by atoms with Crippen molar-refractivity contribution in [1.82, 2.24) is 0 Å². The minimum atomic E-state index is -0.415. The van der Waals surface area contributed by atoms with Crippen molar-refractivity contribution in [2.45, 2.75) is 20.3 Å². The van der Waals surface area contributed by atoms with Gasteiger partial charge in [-0.3, -0.25) is 4.79 Å². The van der Waals surface area contributed by atoms with Crippen molar-refractivity contribution in [2.24, 2.45) is 5.92 Å². The number of ether oxygens (including phenoxy) is 2. The summed E-state index contributed by atoms with van der Waals surface area (Å²) in [6.45, 7) is 4.82. The molecule has 25 heavy (non-hydrogen) atoms. The van der Waals surface area contributed by atoms with Crippen molar-refractivity contribution >= 4 is 17.6 Å². The first kappa shape index (κ1) is 18.5. The Morgan fingerprint density at radius 3 is 2.36 bits per heavy atom. The highest BCUT2D eigenvalue weighted by Crippen LogP contribution is 2.21. The molecule has 5 nitrogen and oxygen atoms in total. The molecule has 0 bridgehead atoms. The zero-order chi connectivity index (χ0) is 18.2. The van der Waals surface area contributed by atoms with E-state index in [9.17, 15) is 9.59 Å². The van der Waals surface area contributed by atoms with E-state index in [1.165, 1.54) is 7.11 Å². The number of carbonyl (C=O) groups excluding carboxylic acids is 2. The predicted molar refractivity (Wildman–Crippen MR) is 97.1 cm³/mol. The number of carbonyl (C=O) groups is 2. The predicted octanol–water partition coefficient (Wildman–Crippen LogP) is 4.15. The van der Waals surface area contributed by atoms with Crippen LogP contribution in [0.15, 0.2) is 48.5 Å². The van der Waals surface area contributed by atoms with Crippen molar-refractivity contribution in [3.8, 4) is 5.75 Å². The molecule has 132 valence electrons. The molecule has 0 aliphatic rings. The van der Waals surface area contributed by atoms with Gasteiger partial charge in [-0.25, -0.2) is 4.79 Å². The molecule has 1 amide bonds. The minimum absolute atomic E-state index is 0.258. The molecule has 2 aromatic rings. The van der Waals surface area contributed by atoms with Gasteiger partial charge in [-0.1, -0.05) is 26.0 Å². The number of hydrogen-bond acceptors (Lipinski definition) is 4. The molecule has 0 atom stereocenters. The molecule has 0 saturated heterocycles. The number of nitrogens with one attached hydrogen (secondary N) is 1. The van der Waals surface area contributed by atoms with Crippen LogP contribution in [-0.2, 0) is 4.74 Å². The second kappa shape index (κ2) is 8.87. The van der Waals surface area contributed by atoms with E-state index < -0.39 is 5.97 Å². The summed E-state index contributed by atoms with van der Waals surface area (Å²) in [5.41, 5.74) is 1.50. The Bertz CT molecular complexity index is 723. The summed E-state index contributed by atoms with van der Waals surface area (Å²) < 4.78 is 10.4. The van der Waals surface area contributed by atoms with E-state index in [-0.39, 0.29) is 5.91 Å². The summed E-state index contributed by atoms with van der Waals surface area (Å²) in [7, 11) is 1.33. The van der Waals surface area contributed by atoms with Gasteiger partial charge in [0.25, 0.3) is 5.91 Å². The average molecular weight is 341 g/mol. The summed E-state index contributed by atoms with van der Waals surface area (Å²) in [6, 6.07) is 13.7. The number of amides is 1. The summed E-state index contributed by atoms with van der Waals surface area (Å²) in [5.74, 6) is 0.425. The highest BCUT2D eigenvalue weighted by molar-refractivity contribution is 6.06. The zero-order valence-corrected chi connectivity index (χ0v) is 14.7. The highest BCUT2D eigenvalue weighted by Gasteiger charge is 2.13. The molecule has 0 saturated carbocycles. The monoisotopic (exact) mass is 341 g/mol. The number of hydrogen-bond donors (Lipinski definition) is 1. The van der Waals surface area contributed by atoms with Gasteiger partial charge in [0.05, 0.1) is 24.8 Å². The van der Waals surface area contributed by atoms with Crippen LogP contribution >= 0.6 is 0 Å². The number of benzene rings is 2. The maximum atomic E-state index is 12.5. The Morgan fingerprint density at radius 2 is 1.72 bits per heavy atom. The lowest BCUT2D eigenvalue weighted by Crippen LogP contribution is -2.14. The molecule has 2 aromatic carbocycles. The molecular formula is C20H23NO4. The van der Waals surface area contributed by atoms with Gasteiger partial charge < -0.3 is 14.8 Å². The number of para-hydroxylation sites is 1. The van der Waals surface area contributed by atoms with E-state index in [0.29, 0.717) is 35.1 Å². The van der Waals surface area contributed by atoms with E-state index in [1.54, 1.807) is 42.5 Å². The van der Waals surface area contributed by atoms with E-state index in [2.05, 4.69) is 23.9 Å². The normalized spacial score (nSPS) is 10.4. The Kier molecular flexibility index (Phi) is 6.57. The lowest BCUT2D eigenvalue weighted by atomic mass is 10.1. The van der Waals surface area contributed by atoms with Crippen molar-refractivity contribution in [3.05, 3.63) is 59.7 Å². The summed E-state index contributed by atoms with van der Waals surface area (Å²) >= 11 is 0. The Balaban J connectivity index is 2.06. The van der Waals surface area contributed by atoms with Crippen LogP contribution in [0.4, 0.5) is 5.69 Å². The van der Waals surface area contributed by atoms with Gasteiger partial charge in [0.1, 0.15) is 5.75 Å². The van der Waals surface area contributed by atoms with E-state index in [1.807, 2.05) is 6.07 Å². The molecule has 0 aliphatic carbocycles. The first-order chi connectivity index (χ1) is 12.0. The van der Waals surface area contributed by atoms with E-state index >= 15 is 0 Å². The standard InChI is InChI=1S/C20H23NO4/c1-14(2)12-13-25-18-7-5-4-6-17(18)19(22)21-16-10-8-15(9-11-16)20(23)24-3/h4-11,14H,12-13H2,1-3H3,(H,21,22). The quantitative estimate of drug-likeness (QED) is 0.768. The number of anilines is 1. The number of methoxy groups -OCH3 is 1. The first-order valence-electron chi connectivity index (χ1n) is 8.23. The topological polar surface area (TPSA) is 64.6 Å². The van der Waals surface area contributed by atoms with Crippen LogP contribution in [0.1, 0.15) is 41.0 Å². The SMILES string of the molecule is COC(=O)c1ccc(NC(=O)c2ccccc2OCCC(C)C)cc1. The molecule has 0 heterocycles.